The van der Waals surface area contributed by atoms with E-state index in [1.54, 1.807) is 23.5 Å². The van der Waals surface area contributed by atoms with Gasteiger partial charge in [0.25, 0.3) is 5.91 Å². The standard InChI is InChI=1S/C25H24FN3OS/c26-21-8-4-7-20(15-21)17-27-10-12-28(13-11-27)25(30)23-16-24-22(9-14-31-24)29(23)18-19-5-2-1-3-6-19/h1-9,14-16H,10-13,17-18H2. The lowest BCUT2D eigenvalue weighted by Crippen LogP contribution is -2.48. The van der Waals surface area contributed by atoms with Crippen LogP contribution in [0.3, 0.4) is 0 Å². The molecule has 2 aromatic heterocycles. The van der Waals surface area contributed by atoms with Crippen LogP contribution >= 0.6 is 11.3 Å². The van der Waals surface area contributed by atoms with Gasteiger partial charge in [-0.05, 0) is 40.8 Å². The molecule has 5 rings (SSSR count). The summed E-state index contributed by atoms with van der Waals surface area (Å²) in [6.07, 6.45) is 0. The van der Waals surface area contributed by atoms with Crippen molar-refractivity contribution in [2.45, 2.75) is 13.1 Å². The summed E-state index contributed by atoms with van der Waals surface area (Å²) in [6, 6.07) is 21.1. The van der Waals surface area contributed by atoms with Gasteiger partial charge in [-0.15, -0.1) is 11.3 Å². The number of nitrogens with zero attached hydrogens (tertiary/aromatic N) is 3. The van der Waals surface area contributed by atoms with E-state index in [1.807, 2.05) is 35.2 Å². The van der Waals surface area contributed by atoms with E-state index >= 15 is 0 Å². The Kier molecular flexibility index (Phi) is 5.57. The van der Waals surface area contributed by atoms with Gasteiger partial charge in [0.1, 0.15) is 11.5 Å². The van der Waals surface area contributed by atoms with Crippen LogP contribution < -0.4 is 0 Å². The van der Waals surface area contributed by atoms with Crippen molar-refractivity contribution in [1.29, 1.82) is 0 Å². The van der Waals surface area contributed by atoms with Gasteiger partial charge in [0.2, 0.25) is 0 Å². The number of hydrogen-bond acceptors (Lipinski definition) is 3. The molecule has 0 N–H and O–H groups in total. The van der Waals surface area contributed by atoms with Gasteiger partial charge in [0, 0.05) is 39.3 Å². The molecule has 0 bridgehead atoms. The van der Waals surface area contributed by atoms with Crippen LogP contribution in [0.4, 0.5) is 4.39 Å². The average Bonchev–Trinajstić information content (AvgIpc) is 3.37. The van der Waals surface area contributed by atoms with E-state index in [0.29, 0.717) is 26.2 Å². The molecule has 0 spiro atoms. The van der Waals surface area contributed by atoms with Crippen LogP contribution in [0.1, 0.15) is 21.6 Å². The second-order valence-corrected chi connectivity index (χ2v) is 8.92. The maximum Gasteiger partial charge on any atom is 0.270 e. The first kappa shape index (κ1) is 20.0. The number of hydrogen-bond donors (Lipinski definition) is 0. The summed E-state index contributed by atoms with van der Waals surface area (Å²) in [7, 11) is 0. The fourth-order valence-electron chi connectivity index (χ4n) is 4.26. The summed E-state index contributed by atoms with van der Waals surface area (Å²) in [6.45, 7) is 4.32. The van der Waals surface area contributed by atoms with E-state index in [9.17, 15) is 9.18 Å². The minimum Gasteiger partial charge on any atom is -0.335 e. The van der Waals surface area contributed by atoms with Crippen molar-refractivity contribution < 1.29 is 9.18 Å². The molecule has 0 radical (unpaired) electrons. The molecular formula is C25H24FN3OS. The molecule has 0 atom stereocenters. The first-order chi connectivity index (χ1) is 15.2. The molecule has 0 aliphatic carbocycles. The summed E-state index contributed by atoms with van der Waals surface area (Å²) in [5.74, 6) is -0.116. The molecule has 4 nitrogen and oxygen atoms in total. The summed E-state index contributed by atoms with van der Waals surface area (Å²) < 4.78 is 16.7. The van der Waals surface area contributed by atoms with E-state index in [2.05, 4.69) is 33.0 Å². The lowest BCUT2D eigenvalue weighted by atomic mass is 10.2. The third kappa shape index (κ3) is 4.27. The molecule has 0 unspecified atom stereocenters. The molecule has 1 aliphatic heterocycles. The zero-order valence-corrected chi connectivity index (χ0v) is 18.0. The first-order valence-electron chi connectivity index (χ1n) is 10.5. The van der Waals surface area contributed by atoms with Crippen molar-refractivity contribution in [3.05, 3.63) is 94.7 Å². The SMILES string of the molecule is O=C(c1cc2sccc2n1Cc1ccccc1)N1CCN(Cc2cccc(F)c2)CC1. The second-order valence-electron chi connectivity index (χ2n) is 7.97. The van der Waals surface area contributed by atoms with Crippen LogP contribution in [0.25, 0.3) is 10.2 Å². The number of carbonyl (C=O) groups excluding carboxylic acids is 1. The maximum atomic E-state index is 13.5. The quantitative estimate of drug-likeness (QED) is 0.450. The van der Waals surface area contributed by atoms with Crippen molar-refractivity contribution in [3.63, 3.8) is 0 Å². The van der Waals surface area contributed by atoms with E-state index < -0.39 is 0 Å². The number of fused-ring (bicyclic) bond motifs is 1. The Morgan fingerprint density at radius 2 is 1.65 bits per heavy atom. The lowest BCUT2D eigenvalue weighted by Gasteiger charge is -2.35. The summed E-state index contributed by atoms with van der Waals surface area (Å²) >= 11 is 1.67. The Morgan fingerprint density at radius 3 is 2.42 bits per heavy atom. The molecule has 31 heavy (non-hydrogen) atoms. The molecule has 1 amide bonds. The number of thiophene rings is 1. The minimum absolute atomic E-state index is 0.0877. The Hall–Kier alpha value is -2.96. The van der Waals surface area contributed by atoms with Crippen LogP contribution in [-0.4, -0.2) is 46.5 Å². The Labute approximate surface area is 185 Å². The van der Waals surface area contributed by atoms with Crippen molar-refractivity contribution >= 4 is 27.5 Å². The zero-order valence-electron chi connectivity index (χ0n) is 17.2. The highest BCUT2D eigenvalue weighted by atomic mass is 32.1. The summed E-state index contributed by atoms with van der Waals surface area (Å²) in [4.78, 5) is 17.7. The smallest absolute Gasteiger partial charge is 0.270 e. The highest BCUT2D eigenvalue weighted by molar-refractivity contribution is 7.17. The van der Waals surface area contributed by atoms with E-state index in [1.165, 1.54) is 11.6 Å². The number of halogens is 1. The topological polar surface area (TPSA) is 28.5 Å². The Balaban J connectivity index is 1.30. The normalized spacial score (nSPS) is 14.9. The molecule has 1 saturated heterocycles. The van der Waals surface area contributed by atoms with E-state index in [4.69, 9.17) is 0 Å². The molecule has 3 heterocycles. The fourth-order valence-corrected chi connectivity index (χ4v) is 5.08. The van der Waals surface area contributed by atoms with Gasteiger partial charge < -0.3 is 9.47 Å². The predicted octanol–water partition coefficient (Wildman–Crippen LogP) is 4.85. The molecular weight excluding hydrogens is 409 g/mol. The maximum absolute atomic E-state index is 13.5. The monoisotopic (exact) mass is 433 g/mol. The number of piperazine rings is 1. The number of benzene rings is 2. The van der Waals surface area contributed by atoms with E-state index in [-0.39, 0.29) is 11.7 Å². The van der Waals surface area contributed by atoms with Crippen LogP contribution in [-0.2, 0) is 13.1 Å². The first-order valence-corrected chi connectivity index (χ1v) is 11.4. The number of aromatic nitrogens is 1. The number of carbonyl (C=O) groups is 1. The van der Waals surface area contributed by atoms with Crippen LogP contribution in [0.2, 0.25) is 0 Å². The van der Waals surface area contributed by atoms with Crippen molar-refractivity contribution in [1.82, 2.24) is 14.4 Å². The molecule has 4 aromatic rings. The molecule has 0 saturated carbocycles. The Bertz CT molecular complexity index is 1190. The molecule has 1 fully saturated rings. The van der Waals surface area contributed by atoms with Gasteiger partial charge in [-0.25, -0.2) is 4.39 Å². The van der Waals surface area contributed by atoms with Crippen molar-refractivity contribution in [3.8, 4) is 0 Å². The number of rotatable bonds is 5. The van der Waals surface area contributed by atoms with Gasteiger partial charge in [-0.1, -0.05) is 42.5 Å². The zero-order chi connectivity index (χ0) is 21.2. The van der Waals surface area contributed by atoms with Crippen LogP contribution in [0.15, 0.2) is 72.1 Å². The Morgan fingerprint density at radius 1 is 0.871 bits per heavy atom. The average molecular weight is 434 g/mol. The molecule has 2 aromatic carbocycles. The highest BCUT2D eigenvalue weighted by Gasteiger charge is 2.25. The van der Waals surface area contributed by atoms with Gasteiger partial charge in [-0.2, -0.15) is 0 Å². The predicted molar refractivity (Wildman–Crippen MR) is 123 cm³/mol. The number of amides is 1. The lowest BCUT2D eigenvalue weighted by molar-refractivity contribution is 0.0619. The van der Waals surface area contributed by atoms with Crippen LogP contribution in [0.5, 0.6) is 0 Å². The van der Waals surface area contributed by atoms with E-state index in [0.717, 1.165) is 34.6 Å². The molecule has 6 heteroatoms. The third-order valence-electron chi connectivity index (χ3n) is 5.88. The van der Waals surface area contributed by atoms with Crippen LogP contribution in [0, 0.1) is 5.82 Å². The summed E-state index contributed by atoms with van der Waals surface area (Å²) in [5.41, 5.74) is 4.02. The molecule has 1 aliphatic rings. The highest BCUT2D eigenvalue weighted by Crippen LogP contribution is 2.27. The minimum atomic E-state index is -0.203. The van der Waals surface area contributed by atoms with Crippen molar-refractivity contribution in [2.24, 2.45) is 0 Å². The second kappa shape index (κ2) is 8.65. The third-order valence-corrected chi connectivity index (χ3v) is 6.73. The van der Waals surface area contributed by atoms with Crippen molar-refractivity contribution in [2.75, 3.05) is 26.2 Å². The molecule has 158 valence electrons. The van der Waals surface area contributed by atoms with Gasteiger partial charge in [0.05, 0.1) is 10.2 Å². The summed E-state index contributed by atoms with van der Waals surface area (Å²) in [5, 5.41) is 2.08. The fraction of sp³-hybridized carbons (Fsp3) is 0.240. The largest absolute Gasteiger partial charge is 0.335 e. The van der Waals surface area contributed by atoms with Gasteiger partial charge in [0.15, 0.2) is 0 Å². The van der Waals surface area contributed by atoms with Gasteiger partial charge >= 0.3 is 0 Å². The van der Waals surface area contributed by atoms with Gasteiger partial charge in [-0.3, -0.25) is 9.69 Å².